The molecule has 68 heavy (non-hydrogen) atoms. The van der Waals surface area contributed by atoms with Crippen molar-refractivity contribution in [3.63, 3.8) is 0 Å². The third kappa shape index (κ3) is 18.7. The maximum Gasteiger partial charge on any atom is 0.397 e. The Morgan fingerprint density at radius 1 is 0.706 bits per heavy atom. The summed E-state index contributed by atoms with van der Waals surface area (Å²) >= 11 is 0. The molecule has 4 heterocycles. The Morgan fingerprint density at radius 2 is 1.28 bits per heavy atom. The summed E-state index contributed by atoms with van der Waals surface area (Å²) in [5, 5.41) is 79.6. The lowest BCUT2D eigenvalue weighted by Crippen LogP contribution is -2.62. The lowest BCUT2D eigenvalue weighted by atomic mass is 9.86. The molecule has 4 rings (SSSR count). The van der Waals surface area contributed by atoms with Gasteiger partial charge in [0.2, 0.25) is 11.7 Å². The third-order valence-electron chi connectivity index (χ3n) is 11.3. The molecule has 0 spiro atoms. The van der Waals surface area contributed by atoms with Gasteiger partial charge in [0.05, 0.1) is 56.9 Å². The first-order valence-corrected chi connectivity index (χ1v) is 25.3. The van der Waals surface area contributed by atoms with Crippen molar-refractivity contribution in [2.24, 2.45) is 17.8 Å². The van der Waals surface area contributed by atoms with Crippen molar-refractivity contribution in [1.82, 2.24) is 10.0 Å². The van der Waals surface area contributed by atoms with Crippen molar-refractivity contribution >= 4 is 48.9 Å². The molecule has 0 aromatic heterocycles. The van der Waals surface area contributed by atoms with Crippen molar-refractivity contribution in [2.75, 3.05) is 26.4 Å². The number of hydrogen-bond acceptors (Lipinski definition) is 22. The van der Waals surface area contributed by atoms with E-state index in [0.717, 1.165) is 12.5 Å². The van der Waals surface area contributed by atoms with Crippen molar-refractivity contribution < 1.29 is 126 Å². The van der Waals surface area contributed by atoms with Crippen LogP contribution >= 0.6 is 0 Å². The van der Waals surface area contributed by atoms with Gasteiger partial charge in [-0.3, -0.25) is 18.5 Å². The lowest BCUT2D eigenvalue weighted by molar-refractivity contribution is -0.231. The molecule has 13 N–H and O–H groups in total. The number of aliphatic hydroxyl groups excluding tert-OH is 6. The van der Waals surface area contributed by atoms with Gasteiger partial charge in [0.25, 0.3) is 0 Å². The zero-order chi connectivity index (χ0) is 52.1. The summed E-state index contributed by atoms with van der Waals surface area (Å²) < 4.78 is 128. The third-order valence-corrected chi connectivity index (χ3v) is 12.8. The predicted molar refractivity (Wildman–Crippen MR) is 225 cm³/mol. The molecule has 0 aliphatic carbocycles. The van der Waals surface area contributed by atoms with Gasteiger partial charge in [-0.05, 0) is 37.7 Å². The predicted octanol–water partition coefficient (Wildman–Crippen LogP) is -3.73. The number of hydrogen-bond donors (Lipinski definition) is 13. The van der Waals surface area contributed by atoms with Crippen LogP contribution in [0.25, 0.3) is 0 Å². The standard InChI is InChI=1S/C20H35NO9.C8H17NO10S2.C8H12O8S/c1-4-11-6-13(21-10(3)23)16(29-15(11)7-22)9-28-8-12-17(24)18(25)14(5-2)30-19(12)20(26)27;1-2-4-5(3-10)18-8(11)6(9-20(12,13)14)7(4)19-21(15,16)17;1-2-5-7(16-17(12,13)14)4(9)3-6(15-5)8(10)11/h11-19,22,24-25H,4-9H2,1-3H3,(H,21,23)(H,26,27);4-11H,2-3H2,1H3,(H,12,13,14)(H,15,16,17);3-5,7,9H,2H2,1H3,(H,10,11)(H,12,13,14). The maximum absolute atomic E-state index is 11.6. The average Bonchev–Trinajstić information content (AvgIpc) is 3.23. The topological polar surface area (TPSA) is 465 Å². The van der Waals surface area contributed by atoms with E-state index in [1.165, 1.54) is 6.92 Å². The lowest BCUT2D eigenvalue weighted by Gasteiger charge is -2.43. The van der Waals surface area contributed by atoms with Crippen LogP contribution in [0.5, 0.6) is 0 Å². The molecule has 0 radical (unpaired) electrons. The fourth-order valence-electron chi connectivity index (χ4n) is 8.04. The smallest absolute Gasteiger partial charge is 0.397 e. The van der Waals surface area contributed by atoms with Crippen LogP contribution in [0.3, 0.4) is 0 Å². The molecule has 17 atom stereocenters. The van der Waals surface area contributed by atoms with E-state index in [1.807, 2.05) is 6.92 Å². The minimum atomic E-state index is -4.98. The Bertz CT molecular complexity index is 1990. The van der Waals surface area contributed by atoms with Gasteiger partial charge in [-0.15, -0.1) is 0 Å². The number of carboxylic acid groups (broad SMARTS) is 2. The zero-order valence-corrected chi connectivity index (χ0v) is 39.9. The van der Waals surface area contributed by atoms with Gasteiger partial charge in [-0.25, -0.2) is 18.0 Å². The van der Waals surface area contributed by atoms with Crippen molar-refractivity contribution in [1.29, 1.82) is 0 Å². The van der Waals surface area contributed by atoms with E-state index in [0.29, 0.717) is 12.8 Å². The number of nitrogens with one attached hydrogen (secondary N) is 2. The van der Waals surface area contributed by atoms with Crippen LogP contribution in [0.15, 0.2) is 11.8 Å². The van der Waals surface area contributed by atoms with E-state index in [4.69, 9.17) is 47.6 Å². The first kappa shape index (κ1) is 61.3. The second kappa shape index (κ2) is 27.1. The molecule has 32 heteroatoms. The average molecular weight is 1050 g/mol. The van der Waals surface area contributed by atoms with Gasteiger partial charge in [0, 0.05) is 18.8 Å². The maximum atomic E-state index is 11.6. The number of amides is 1. The minimum absolute atomic E-state index is 0.0285. The van der Waals surface area contributed by atoms with Crippen LogP contribution < -0.4 is 10.0 Å². The highest BCUT2D eigenvalue weighted by Crippen LogP contribution is 2.33. The van der Waals surface area contributed by atoms with E-state index in [1.54, 1.807) is 25.5 Å². The first-order chi connectivity index (χ1) is 31.4. The Hall–Kier alpha value is -2.84. The molecule has 17 unspecified atom stereocenters. The summed E-state index contributed by atoms with van der Waals surface area (Å²) in [6, 6.07) is -2.01. The first-order valence-electron chi connectivity index (χ1n) is 21.1. The Kier molecular flexibility index (Phi) is 24.4. The molecule has 3 fully saturated rings. The SMILES string of the molecule is CCC1C(CO)OC(O)C(NS(=O)(=O)O)C1OS(=O)(=O)O.CCC1CC(NC(C)=O)C(COCC2C(C(=O)O)OC(CC)C(O)C2O)OC1CO.CCC1OC(C(=O)O)=CC(O)C1OS(=O)(=O)O. The number of carbonyl (C=O) groups excluding carboxylic acids is 1. The summed E-state index contributed by atoms with van der Waals surface area (Å²) in [5.74, 6) is -5.05. The fourth-order valence-corrected chi connectivity index (χ4v) is 9.70. The summed E-state index contributed by atoms with van der Waals surface area (Å²) in [6.45, 7) is 7.41. The molecule has 4 aliphatic heterocycles. The monoisotopic (exact) mass is 1050 g/mol. The summed E-state index contributed by atoms with van der Waals surface area (Å²) in [7, 11) is -14.5. The molecule has 4 aliphatic rings. The molecular formula is C36H64N2O27S3. The summed E-state index contributed by atoms with van der Waals surface area (Å²) in [5.41, 5.74) is 0. The molecule has 0 saturated carbocycles. The molecule has 3 saturated heterocycles. The Balaban J connectivity index is 0.000000367. The highest BCUT2D eigenvalue weighted by atomic mass is 32.3. The van der Waals surface area contributed by atoms with Crippen LogP contribution in [0.2, 0.25) is 0 Å². The van der Waals surface area contributed by atoms with Gasteiger partial charge in [-0.1, -0.05) is 34.1 Å². The number of ether oxygens (including phenoxy) is 5. The molecule has 0 aromatic carbocycles. The fraction of sp³-hybridized carbons (Fsp3) is 0.861. The van der Waals surface area contributed by atoms with E-state index in [-0.39, 0.29) is 56.6 Å². The molecule has 398 valence electrons. The molecule has 1 amide bonds. The second-order valence-corrected chi connectivity index (χ2v) is 19.2. The minimum Gasteiger partial charge on any atom is -0.480 e. The zero-order valence-electron chi connectivity index (χ0n) is 37.4. The van der Waals surface area contributed by atoms with Crippen LogP contribution in [0, 0.1) is 17.8 Å². The van der Waals surface area contributed by atoms with Gasteiger partial charge in [0.1, 0.15) is 42.7 Å². The van der Waals surface area contributed by atoms with Gasteiger partial charge < -0.3 is 69.9 Å². The molecule has 0 aromatic rings. The van der Waals surface area contributed by atoms with Crippen LogP contribution in [0.4, 0.5) is 0 Å². The van der Waals surface area contributed by atoms with Crippen molar-refractivity contribution in [2.45, 2.75) is 152 Å². The van der Waals surface area contributed by atoms with Gasteiger partial charge >= 0.3 is 43.0 Å². The number of rotatable bonds is 19. The number of aliphatic carboxylic acids is 2. The summed E-state index contributed by atoms with van der Waals surface area (Å²) in [4.78, 5) is 33.8. The van der Waals surface area contributed by atoms with Crippen LogP contribution in [-0.2, 0) is 77.5 Å². The Labute approximate surface area is 392 Å². The molecular weight excluding hydrogens is 989 g/mol. The number of carboxylic acids is 2. The highest BCUT2D eigenvalue weighted by molar-refractivity contribution is 7.83. The molecule has 29 nitrogen and oxygen atoms in total. The van der Waals surface area contributed by atoms with Crippen molar-refractivity contribution in [3.8, 4) is 0 Å². The van der Waals surface area contributed by atoms with Gasteiger partial charge in [0.15, 0.2) is 12.4 Å². The highest BCUT2D eigenvalue weighted by Gasteiger charge is 2.49. The normalized spacial score (nSPS) is 35.5. The second-order valence-electron chi connectivity index (χ2n) is 15.9. The van der Waals surface area contributed by atoms with Gasteiger partial charge in [-0.2, -0.15) is 30.0 Å². The van der Waals surface area contributed by atoms with E-state index < -0.39 is 141 Å². The number of aliphatic hydroxyl groups is 6. The quantitative estimate of drug-likeness (QED) is 0.0553. The molecule has 0 bridgehead atoms. The summed E-state index contributed by atoms with van der Waals surface area (Å²) in [6.07, 6.45) is -10.9. The largest absolute Gasteiger partial charge is 0.480 e. The van der Waals surface area contributed by atoms with Crippen LogP contribution in [-0.4, -0.2) is 210 Å². The van der Waals surface area contributed by atoms with Crippen LogP contribution in [0.1, 0.15) is 66.7 Å². The van der Waals surface area contributed by atoms with E-state index in [9.17, 15) is 70.3 Å². The number of carbonyl (C=O) groups is 3. The van der Waals surface area contributed by atoms with E-state index >= 15 is 0 Å². The van der Waals surface area contributed by atoms with E-state index in [2.05, 4.69) is 13.7 Å². The van der Waals surface area contributed by atoms with Crippen molar-refractivity contribution in [3.05, 3.63) is 11.8 Å². The Morgan fingerprint density at radius 3 is 1.74 bits per heavy atom.